The number of sulfone groups is 1. The molecule has 1 aliphatic heterocycles. The van der Waals surface area contributed by atoms with Crippen LogP contribution in [0.1, 0.15) is 27.7 Å². The monoisotopic (exact) mass is 383 g/mol. The van der Waals surface area contributed by atoms with Crippen LogP contribution in [0.5, 0.6) is 5.88 Å². The summed E-state index contributed by atoms with van der Waals surface area (Å²) in [5.74, 6) is -1.02. The highest BCUT2D eigenvalue weighted by atomic mass is 32.2. The molecule has 0 fully saturated rings. The number of carbonyl (C=O) groups is 1. The van der Waals surface area contributed by atoms with E-state index in [1.807, 2.05) is 0 Å². The van der Waals surface area contributed by atoms with Crippen LogP contribution in [-0.4, -0.2) is 43.1 Å². The molecule has 1 atom stereocenters. The molecule has 1 aliphatic rings. The van der Waals surface area contributed by atoms with E-state index in [4.69, 9.17) is 4.74 Å². The van der Waals surface area contributed by atoms with Crippen molar-refractivity contribution >= 4 is 15.7 Å². The number of halogens is 2. The normalized spacial score (nSPS) is 18.2. The highest BCUT2D eigenvalue weighted by molar-refractivity contribution is 7.90. The fourth-order valence-corrected chi connectivity index (χ4v) is 4.28. The molecule has 0 radical (unpaired) electrons. The number of hydrogen-bond acceptors (Lipinski definition) is 6. The van der Waals surface area contributed by atoms with E-state index in [2.05, 4.69) is 15.3 Å². The van der Waals surface area contributed by atoms with E-state index in [0.29, 0.717) is 5.56 Å². The van der Waals surface area contributed by atoms with Crippen molar-refractivity contribution in [2.45, 2.75) is 18.2 Å². The number of benzene rings is 1. The van der Waals surface area contributed by atoms with Crippen LogP contribution < -0.4 is 10.1 Å². The van der Waals surface area contributed by atoms with E-state index in [9.17, 15) is 22.0 Å². The maximum atomic E-state index is 12.3. The molecule has 138 valence electrons. The van der Waals surface area contributed by atoms with Crippen LogP contribution in [-0.2, 0) is 15.6 Å². The molecule has 10 heteroatoms. The molecule has 1 amide bonds. The first-order chi connectivity index (χ1) is 12.3. The fraction of sp³-hybridized carbons (Fsp3) is 0.312. The Hall–Kier alpha value is -2.62. The van der Waals surface area contributed by atoms with E-state index in [1.54, 1.807) is 24.3 Å². The quantitative estimate of drug-likeness (QED) is 0.841. The maximum absolute atomic E-state index is 12.3. The smallest absolute Gasteiger partial charge is 0.272 e. The lowest BCUT2D eigenvalue weighted by Gasteiger charge is -2.26. The molecule has 1 N–H and O–H groups in total. The lowest BCUT2D eigenvalue weighted by molar-refractivity contribution is 0.0791. The SMILES string of the molecule is O=C(NC1CS(=O)(=O)Cc2ccccc21)c1cnc(OCC(F)F)cn1. The number of fused-ring (bicyclic) bond motifs is 1. The largest absolute Gasteiger partial charge is 0.470 e. The first kappa shape index (κ1) is 18.2. The Morgan fingerprint density at radius 3 is 2.73 bits per heavy atom. The lowest BCUT2D eigenvalue weighted by Crippen LogP contribution is -2.37. The number of aromatic nitrogens is 2. The molecule has 0 bridgehead atoms. The minimum absolute atomic E-state index is 0.0640. The number of hydrogen-bond donors (Lipinski definition) is 1. The minimum Gasteiger partial charge on any atom is -0.470 e. The second kappa shape index (κ2) is 7.32. The standard InChI is InChI=1S/C16H15F2N3O4S/c17-14(18)7-25-15-6-19-12(5-20-15)16(22)21-13-9-26(23,24)8-10-3-1-2-4-11(10)13/h1-6,13-14H,7-9H2,(H,21,22). The van der Waals surface area contributed by atoms with Crippen molar-refractivity contribution in [3.63, 3.8) is 0 Å². The fourth-order valence-electron chi connectivity index (χ4n) is 2.65. The summed E-state index contributed by atoms with van der Waals surface area (Å²) in [5, 5.41) is 2.64. The van der Waals surface area contributed by atoms with Crippen LogP contribution in [0.3, 0.4) is 0 Å². The van der Waals surface area contributed by atoms with Gasteiger partial charge in [-0.2, -0.15) is 0 Å². The lowest BCUT2D eigenvalue weighted by atomic mass is 10.0. The van der Waals surface area contributed by atoms with Gasteiger partial charge in [-0.1, -0.05) is 24.3 Å². The van der Waals surface area contributed by atoms with E-state index in [1.165, 1.54) is 0 Å². The summed E-state index contributed by atoms with van der Waals surface area (Å²) in [5.41, 5.74) is 1.31. The summed E-state index contributed by atoms with van der Waals surface area (Å²) in [7, 11) is -3.34. The molecular formula is C16H15F2N3O4S. The molecule has 0 saturated carbocycles. The van der Waals surface area contributed by atoms with Crippen molar-refractivity contribution < 1.29 is 26.7 Å². The third-order valence-corrected chi connectivity index (χ3v) is 5.34. The second-order valence-corrected chi connectivity index (χ2v) is 7.83. The number of ether oxygens (including phenoxy) is 1. The summed E-state index contributed by atoms with van der Waals surface area (Å²) in [6.45, 7) is -0.822. The van der Waals surface area contributed by atoms with Gasteiger partial charge in [-0.25, -0.2) is 27.2 Å². The third-order valence-electron chi connectivity index (χ3n) is 3.75. The molecule has 3 rings (SSSR count). The molecule has 2 aromatic rings. The van der Waals surface area contributed by atoms with Crippen molar-refractivity contribution in [3.05, 3.63) is 53.5 Å². The molecule has 1 aromatic heterocycles. The summed E-state index contributed by atoms with van der Waals surface area (Å²) < 4.78 is 53.0. The van der Waals surface area contributed by atoms with E-state index >= 15 is 0 Å². The van der Waals surface area contributed by atoms with Gasteiger partial charge in [0.05, 0.1) is 29.9 Å². The van der Waals surface area contributed by atoms with Crippen LogP contribution in [0.2, 0.25) is 0 Å². The van der Waals surface area contributed by atoms with Crippen molar-refractivity contribution in [2.75, 3.05) is 12.4 Å². The molecule has 26 heavy (non-hydrogen) atoms. The number of nitrogens with zero attached hydrogens (tertiary/aromatic N) is 2. The van der Waals surface area contributed by atoms with Gasteiger partial charge in [0.2, 0.25) is 5.88 Å². The van der Waals surface area contributed by atoms with Gasteiger partial charge in [-0.15, -0.1) is 0 Å². The Bertz CT molecular complexity index is 904. The van der Waals surface area contributed by atoms with Gasteiger partial charge in [0.25, 0.3) is 12.3 Å². The van der Waals surface area contributed by atoms with Gasteiger partial charge in [0.1, 0.15) is 5.69 Å². The minimum atomic E-state index is -3.34. The van der Waals surface area contributed by atoms with Gasteiger partial charge in [-0.05, 0) is 11.1 Å². The van der Waals surface area contributed by atoms with Gasteiger partial charge in [0.15, 0.2) is 16.4 Å². The van der Waals surface area contributed by atoms with Crippen LogP contribution in [0.4, 0.5) is 8.78 Å². The average Bonchev–Trinajstić information content (AvgIpc) is 2.59. The van der Waals surface area contributed by atoms with Crippen LogP contribution in [0.25, 0.3) is 0 Å². The molecule has 1 unspecified atom stereocenters. The summed E-state index contributed by atoms with van der Waals surface area (Å²) in [6, 6.07) is 6.28. The van der Waals surface area contributed by atoms with Crippen LogP contribution >= 0.6 is 0 Å². The number of nitrogens with one attached hydrogen (secondary N) is 1. The molecule has 0 saturated heterocycles. The van der Waals surface area contributed by atoms with Crippen molar-refractivity contribution in [1.82, 2.24) is 15.3 Å². The zero-order chi connectivity index (χ0) is 18.7. The first-order valence-electron chi connectivity index (χ1n) is 7.66. The molecule has 7 nitrogen and oxygen atoms in total. The Morgan fingerprint density at radius 2 is 2.04 bits per heavy atom. The zero-order valence-electron chi connectivity index (χ0n) is 13.4. The van der Waals surface area contributed by atoms with E-state index < -0.39 is 34.8 Å². The van der Waals surface area contributed by atoms with Gasteiger partial charge >= 0.3 is 0 Å². The van der Waals surface area contributed by atoms with Gasteiger partial charge in [-0.3, -0.25) is 4.79 Å². The number of amides is 1. The first-order valence-corrected chi connectivity index (χ1v) is 9.48. The van der Waals surface area contributed by atoms with E-state index in [0.717, 1.165) is 18.0 Å². The van der Waals surface area contributed by atoms with Gasteiger partial charge in [0, 0.05) is 0 Å². The maximum Gasteiger partial charge on any atom is 0.272 e. The topological polar surface area (TPSA) is 98.2 Å². The van der Waals surface area contributed by atoms with Crippen molar-refractivity contribution in [3.8, 4) is 5.88 Å². The molecule has 1 aromatic carbocycles. The van der Waals surface area contributed by atoms with Crippen LogP contribution in [0, 0.1) is 0 Å². The summed E-state index contributed by atoms with van der Waals surface area (Å²) >= 11 is 0. The average molecular weight is 383 g/mol. The Labute approximate surface area is 148 Å². The highest BCUT2D eigenvalue weighted by Crippen LogP contribution is 2.28. The van der Waals surface area contributed by atoms with E-state index in [-0.39, 0.29) is 23.1 Å². The number of carbonyl (C=O) groups excluding carboxylic acids is 1. The molecular weight excluding hydrogens is 368 g/mol. The Kier molecular flexibility index (Phi) is 5.12. The molecule has 0 aliphatic carbocycles. The Morgan fingerprint density at radius 1 is 1.27 bits per heavy atom. The number of alkyl halides is 2. The zero-order valence-corrected chi connectivity index (χ0v) is 14.2. The third kappa shape index (κ3) is 4.31. The Balaban J connectivity index is 1.73. The molecule has 0 spiro atoms. The molecule has 2 heterocycles. The predicted octanol–water partition coefficient (Wildman–Crippen LogP) is 1.52. The summed E-state index contributed by atoms with van der Waals surface area (Å²) in [4.78, 5) is 19.9. The predicted molar refractivity (Wildman–Crippen MR) is 87.7 cm³/mol. The van der Waals surface area contributed by atoms with Crippen LogP contribution in [0.15, 0.2) is 36.7 Å². The van der Waals surface area contributed by atoms with Crippen molar-refractivity contribution in [1.29, 1.82) is 0 Å². The summed E-state index contributed by atoms with van der Waals surface area (Å²) in [6.07, 6.45) is -0.504. The van der Waals surface area contributed by atoms with Crippen molar-refractivity contribution in [2.24, 2.45) is 0 Å². The second-order valence-electron chi connectivity index (χ2n) is 5.72. The highest BCUT2D eigenvalue weighted by Gasteiger charge is 2.31. The van der Waals surface area contributed by atoms with Gasteiger partial charge < -0.3 is 10.1 Å². The number of rotatable bonds is 5.